The molecule has 0 bridgehead atoms. The molecule has 2 amide bonds. The zero-order valence-electron chi connectivity index (χ0n) is 10.8. The Labute approximate surface area is 108 Å². The van der Waals surface area contributed by atoms with Gasteiger partial charge in [0.25, 0.3) is 0 Å². The predicted molar refractivity (Wildman–Crippen MR) is 72.4 cm³/mol. The second-order valence-electron chi connectivity index (χ2n) is 4.64. The molecule has 0 aliphatic carbocycles. The summed E-state index contributed by atoms with van der Waals surface area (Å²) in [5.41, 5.74) is 0. The Bertz CT molecular complexity index is 239. The highest BCUT2D eigenvalue weighted by molar-refractivity contribution is 7.98. The number of unbranched alkanes of at least 4 members (excludes halogenated alkanes) is 1. The maximum absolute atomic E-state index is 11.9. The molecule has 1 fully saturated rings. The Kier molecular flexibility index (Phi) is 6.73. The number of amides is 2. The van der Waals surface area contributed by atoms with Gasteiger partial charge in [0.05, 0.1) is 12.6 Å². The van der Waals surface area contributed by atoms with E-state index in [0.29, 0.717) is 5.92 Å². The Morgan fingerprint density at radius 1 is 1.53 bits per heavy atom. The van der Waals surface area contributed by atoms with Crippen LogP contribution in [0.4, 0.5) is 4.79 Å². The van der Waals surface area contributed by atoms with Gasteiger partial charge in [-0.25, -0.2) is 4.79 Å². The largest absolute Gasteiger partial charge is 0.394 e. The quantitative estimate of drug-likeness (QED) is 0.712. The number of likely N-dealkylation sites (tertiary alicyclic amines) is 1. The summed E-state index contributed by atoms with van der Waals surface area (Å²) < 4.78 is 0. The summed E-state index contributed by atoms with van der Waals surface area (Å²) in [4.78, 5) is 13.7. The molecule has 1 aliphatic rings. The summed E-state index contributed by atoms with van der Waals surface area (Å²) in [6, 6.07) is -0.0150. The minimum atomic E-state index is -0.0162. The van der Waals surface area contributed by atoms with Crippen molar-refractivity contribution in [3.63, 3.8) is 0 Å². The van der Waals surface area contributed by atoms with Crippen molar-refractivity contribution in [1.29, 1.82) is 0 Å². The average Bonchev–Trinajstić information content (AvgIpc) is 2.70. The highest BCUT2D eigenvalue weighted by Gasteiger charge is 2.33. The van der Waals surface area contributed by atoms with Crippen molar-refractivity contribution in [3.05, 3.63) is 0 Å². The van der Waals surface area contributed by atoms with Gasteiger partial charge in [0.1, 0.15) is 0 Å². The molecule has 0 aromatic carbocycles. The van der Waals surface area contributed by atoms with E-state index in [9.17, 15) is 9.90 Å². The molecule has 1 rings (SSSR count). The summed E-state index contributed by atoms with van der Waals surface area (Å²) >= 11 is 1.83. The molecular formula is C12H24N2O2S. The van der Waals surface area contributed by atoms with Crippen LogP contribution in [0.3, 0.4) is 0 Å². The lowest BCUT2D eigenvalue weighted by atomic mass is 10.0. The van der Waals surface area contributed by atoms with Crippen molar-refractivity contribution in [2.45, 2.75) is 32.2 Å². The summed E-state index contributed by atoms with van der Waals surface area (Å²) in [5.74, 6) is 1.55. The van der Waals surface area contributed by atoms with E-state index in [4.69, 9.17) is 0 Å². The second kappa shape index (κ2) is 7.82. The molecule has 100 valence electrons. The summed E-state index contributed by atoms with van der Waals surface area (Å²) in [6.07, 6.45) is 5.25. The minimum absolute atomic E-state index is 0.00111. The fourth-order valence-electron chi connectivity index (χ4n) is 2.21. The number of hydrogen-bond acceptors (Lipinski definition) is 3. The van der Waals surface area contributed by atoms with Gasteiger partial charge >= 0.3 is 6.03 Å². The first-order chi connectivity index (χ1) is 8.20. The first-order valence-corrected chi connectivity index (χ1v) is 7.74. The van der Waals surface area contributed by atoms with Crippen molar-refractivity contribution in [1.82, 2.24) is 10.2 Å². The van der Waals surface area contributed by atoms with Crippen LogP contribution in [0.1, 0.15) is 26.2 Å². The third kappa shape index (κ3) is 4.39. The van der Waals surface area contributed by atoms with E-state index in [1.807, 2.05) is 11.8 Å². The van der Waals surface area contributed by atoms with Crippen LogP contribution in [0.25, 0.3) is 0 Å². The molecule has 1 heterocycles. The number of nitrogens with one attached hydrogen (secondary N) is 1. The Morgan fingerprint density at radius 2 is 2.29 bits per heavy atom. The number of aliphatic hydroxyl groups is 1. The molecule has 0 radical (unpaired) electrons. The molecule has 0 unspecified atom stereocenters. The van der Waals surface area contributed by atoms with E-state index in [0.717, 1.165) is 38.1 Å². The predicted octanol–water partition coefficient (Wildman–Crippen LogP) is 1.54. The maximum Gasteiger partial charge on any atom is 0.317 e. The van der Waals surface area contributed by atoms with Crippen LogP contribution in [0.15, 0.2) is 0 Å². The molecule has 4 nitrogen and oxygen atoms in total. The second-order valence-corrected chi connectivity index (χ2v) is 5.63. The number of nitrogens with zero attached hydrogens (tertiary/aromatic N) is 1. The molecule has 0 saturated carbocycles. The van der Waals surface area contributed by atoms with Gasteiger partial charge in [-0.1, -0.05) is 6.92 Å². The molecule has 0 aromatic heterocycles. The van der Waals surface area contributed by atoms with Gasteiger partial charge < -0.3 is 15.3 Å². The van der Waals surface area contributed by atoms with Gasteiger partial charge in [0.15, 0.2) is 0 Å². The fraction of sp³-hybridized carbons (Fsp3) is 0.917. The zero-order valence-corrected chi connectivity index (χ0v) is 11.6. The fourth-order valence-corrected chi connectivity index (χ4v) is 2.70. The number of aliphatic hydroxyl groups excluding tert-OH is 1. The van der Waals surface area contributed by atoms with Crippen molar-refractivity contribution in [2.75, 3.05) is 31.7 Å². The van der Waals surface area contributed by atoms with E-state index in [-0.39, 0.29) is 18.7 Å². The first kappa shape index (κ1) is 14.6. The molecule has 0 aromatic rings. The van der Waals surface area contributed by atoms with E-state index in [1.165, 1.54) is 0 Å². The van der Waals surface area contributed by atoms with Crippen molar-refractivity contribution in [2.24, 2.45) is 5.92 Å². The van der Waals surface area contributed by atoms with Gasteiger partial charge in [-0.3, -0.25) is 0 Å². The lowest BCUT2D eigenvalue weighted by molar-refractivity contribution is 0.144. The Balaban J connectivity index is 2.23. The minimum Gasteiger partial charge on any atom is -0.394 e. The van der Waals surface area contributed by atoms with Crippen LogP contribution in [0.5, 0.6) is 0 Å². The summed E-state index contributed by atoms with van der Waals surface area (Å²) in [5, 5.41) is 12.2. The lowest BCUT2D eigenvalue weighted by Gasteiger charge is -2.25. The summed E-state index contributed by atoms with van der Waals surface area (Å²) in [6.45, 7) is 3.67. The van der Waals surface area contributed by atoms with E-state index >= 15 is 0 Å². The van der Waals surface area contributed by atoms with Crippen LogP contribution in [-0.4, -0.2) is 53.8 Å². The molecule has 5 heteroatoms. The third-order valence-corrected chi connectivity index (χ3v) is 4.08. The van der Waals surface area contributed by atoms with Crippen molar-refractivity contribution in [3.8, 4) is 0 Å². The molecule has 2 N–H and O–H groups in total. The normalized spacial score (nSPS) is 24.1. The summed E-state index contributed by atoms with van der Waals surface area (Å²) in [7, 11) is 0. The van der Waals surface area contributed by atoms with Crippen molar-refractivity contribution >= 4 is 17.8 Å². The standard InChI is InChI=1S/C12H24N2O2S/c1-10-5-7-14(11(10)9-15)12(16)13-6-3-4-8-17-2/h10-11,15H,3-9H2,1-2H3,(H,13,16)/t10-,11-/m0/s1. The highest BCUT2D eigenvalue weighted by atomic mass is 32.2. The zero-order chi connectivity index (χ0) is 12.7. The molecular weight excluding hydrogens is 236 g/mol. The van der Waals surface area contributed by atoms with Crippen molar-refractivity contribution < 1.29 is 9.90 Å². The maximum atomic E-state index is 11.9. The Hall–Kier alpha value is -0.420. The smallest absolute Gasteiger partial charge is 0.317 e. The van der Waals surface area contributed by atoms with E-state index in [1.54, 1.807) is 4.90 Å². The number of hydrogen-bond donors (Lipinski definition) is 2. The third-order valence-electron chi connectivity index (χ3n) is 3.38. The van der Waals surface area contributed by atoms with Crippen LogP contribution in [0.2, 0.25) is 0 Å². The topological polar surface area (TPSA) is 52.6 Å². The molecule has 17 heavy (non-hydrogen) atoms. The first-order valence-electron chi connectivity index (χ1n) is 6.35. The van der Waals surface area contributed by atoms with Gasteiger partial charge in [0, 0.05) is 13.1 Å². The van der Waals surface area contributed by atoms with Crippen LogP contribution >= 0.6 is 11.8 Å². The molecule has 0 spiro atoms. The van der Waals surface area contributed by atoms with Crippen LogP contribution in [0, 0.1) is 5.92 Å². The lowest BCUT2D eigenvalue weighted by Crippen LogP contribution is -2.45. The number of carbonyl (C=O) groups excluding carboxylic acids is 1. The SMILES string of the molecule is CSCCCCNC(=O)N1CC[C@H](C)[C@@H]1CO. The Morgan fingerprint density at radius 3 is 2.94 bits per heavy atom. The number of urea groups is 1. The van der Waals surface area contributed by atoms with E-state index < -0.39 is 0 Å². The number of carbonyl (C=O) groups is 1. The van der Waals surface area contributed by atoms with Gasteiger partial charge in [-0.15, -0.1) is 0 Å². The van der Waals surface area contributed by atoms with Gasteiger partial charge in [-0.05, 0) is 37.2 Å². The van der Waals surface area contributed by atoms with Gasteiger partial charge in [0.2, 0.25) is 0 Å². The monoisotopic (exact) mass is 260 g/mol. The number of rotatable bonds is 6. The average molecular weight is 260 g/mol. The van der Waals surface area contributed by atoms with Crippen LogP contribution < -0.4 is 5.32 Å². The molecule has 2 atom stereocenters. The number of thioether (sulfide) groups is 1. The molecule has 1 aliphatic heterocycles. The van der Waals surface area contributed by atoms with Gasteiger partial charge in [-0.2, -0.15) is 11.8 Å². The van der Waals surface area contributed by atoms with E-state index in [2.05, 4.69) is 18.5 Å². The highest BCUT2D eigenvalue weighted by Crippen LogP contribution is 2.23. The van der Waals surface area contributed by atoms with Crippen LogP contribution in [-0.2, 0) is 0 Å². The molecule has 1 saturated heterocycles.